The zero-order valence-electron chi connectivity index (χ0n) is 23.0. The van der Waals surface area contributed by atoms with Crippen LogP contribution in [0.4, 0.5) is 10.6 Å². The average Bonchev–Trinajstić information content (AvgIpc) is 3.59. The summed E-state index contributed by atoms with van der Waals surface area (Å²) in [4.78, 5) is 38.2. The molecule has 4 heterocycles. The fourth-order valence-corrected chi connectivity index (χ4v) is 5.28. The first-order valence-electron chi connectivity index (χ1n) is 13.5. The molecule has 1 saturated heterocycles. The summed E-state index contributed by atoms with van der Waals surface area (Å²) >= 11 is 0. The zero-order valence-corrected chi connectivity index (χ0v) is 23.0. The van der Waals surface area contributed by atoms with Gasteiger partial charge in [0, 0.05) is 31.4 Å². The van der Waals surface area contributed by atoms with Crippen molar-refractivity contribution in [1.82, 2.24) is 29.8 Å². The molecule has 1 N–H and O–H groups in total. The Bertz CT molecular complexity index is 1430. The highest BCUT2D eigenvalue weighted by Gasteiger charge is 2.32. The third kappa shape index (κ3) is 5.93. The first-order chi connectivity index (χ1) is 19.2. The minimum absolute atomic E-state index is 0.144. The Balaban J connectivity index is 1.28. The molecule has 0 unspecified atom stereocenters. The number of alkyl carbamates (subject to hydrolysis) is 1. The van der Waals surface area contributed by atoms with Crippen LogP contribution in [0.5, 0.6) is 5.75 Å². The lowest BCUT2D eigenvalue weighted by atomic mass is 9.98. The molecule has 2 amide bonds. The lowest BCUT2D eigenvalue weighted by molar-refractivity contribution is -0.134. The topological polar surface area (TPSA) is 138 Å². The molecule has 0 spiro atoms. The van der Waals surface area contributed by atoms with Gasteiger partial charge in [-0.3, -0.25) is 4.79 Å². The van der Waals surface area contributed by atoms with Crippen molar-refractivity contribution in [3.63, 3.8) is 0 Å². The number of benzene rings is 1. The van der Waals surface area contributed by atoms with E-state index in [9.17, 15) is 14.9 Å². The Morgan fingerprint density at radius 2 is 2.08 bits per heavy atom. The van der Waals surface area contributed by atoms with Crippen molar-refractivity contribution >= 4 is 23.6 Å². The Labute approximate surface area is 232 Å². The number of nitrogens with zero attached hydrogens (tertiary/aromatic N) is 7. The van der Waals surface area contributed by atoms with Gasteiger partial charge in [0.25, 0.3) is 5.78 Å². The summed E-state index contributed by atoms with van der Waals surface area (Å²) in [7, 11) is 0. The number of rotatable bonds is 7. The van der Waals surface area contributed by atoms with Crippen LogP contribution in [-0.2, 0) is 22.5 Å². The van der Waals surface area contributed by atoms with Gasteiger partial charge >= 0.3 is 6.09 Å². The van der Waals surface area contributed by atoms with Gasteiger partial charge < -0.3 is 24.6 Å². The van der Waals surface area contributed by atoms with Gasteiger partial charge in [-0.15, -0.1) is 0 Å². The largest absolute Gasteiger partial charge is 0.491 e. The van der Waals surface area contributed by atoms with E-state index < -0.39 is 17.7 Å². The van der Waals surface area contributed by atoms with Crippen LogP contribution in [0.25, 0.3) is 5.78 Å². The molecule has 5 rings (SSSR count). The molecule has 0 bridgehead atoms. The Kier molecular flexibility index (Phi) is 7.73. The van der Waals surface area contributed by atoms with Crippen molar-refractivity contribution < 1.29 is 19.1 Å². The molecule has 0 saturated carbocycles. The SMILES string of the molecule is CC(C)(C)OC(=O)N[C@H](CC#N)C(=O)N1CCc2cccc(OC[C@H]3CCCN3c3ccnc4ncnn34)c2C1. The molecule has 3 aromatic rings. The number of fused-ring (bicyclic) bond motifs is 2. The summed E-state index contributed by atoms with van der Waals surface area (Å²) < 4.78 is 13.5. The highest BCUT2D eigenvalue weighted by Crippen LogP contribution is 2.31. The normalized spacial score (nSPS) is 17.7. The van der Waals surface area contributed by atoms with Crippen LogP contribution >= 0.6 is 0 Å². The lowest BCUT2D eigenvalue weighted by Crippen LogP contribution is -2.50. The molecule has 0 aliphatic carbocycles. The summed E-state index contributed by atoms with van der Waals surface area (Å²) in [6.07, 6.45) is 5.04. The van der Waals surface area contributed by atoms with Crippen molar-refractivity contribution in [1.29, 1.82) is 5.26 Å². The molecule has 12 nitrogen and oxygen atoms in total. The maximum Gasteiger partial charge on any atom is 0.408 e. The van der Waals surface area contributed by atoms with Gasteiger partial charge in [-0.2, -0.15) is 19.9 Å². The minimum Gasteiger partial charge on any atom is -0.491 e. The number of ether oxygens (including phenoxy) is 2. The van der Waals surface area contributed by atoms with Crippen molar-refractivity contribution in [3.05, 3.63) is 47.9 Å². The van der Waals surface area contributed by atoms with Crippen LogP contribution in [0.3, 0.4) is 0 Å². The van der Waals surface area contributed by atoms with E-state index in [4.69, 9.17) is 9.47 Å². The van der Waals surface area contributed by atoms with Crippen LogP contribution in [0.15, 0.2) is 36.8 Å². The summed E-state index contributed by atoms with van der Waals surface area (Å²) in [5.41, 5.74) is 1.36. The third-order valence-corrected chi connectivity index (χ3v) is 7.09. The molecule has 2 aromatic heterocycles. The summed E-state index contributed by atoms with van der Waals surface area (Å²) in [6.45, 7) is 7.41. The molecule has 1 fully saturated rings. The molecule has 210 valence electrons. The van der Waals surface area contributed by atoms with Crippen molar-refractivity contribution in [3.8, 4) is 11.8 Å². The average molecular weight is 547 g/mol. The van der Waals surface area contributed by atoms with E-state index in [0.29, 0.717) is 31.9 Å². The monoisotopic (exact) mass is 546 g/mol. The summed E-state index contributed by atoms with van der Waals surface area (Å²) in [5, 5.41) is 16.2. The second-order valence-corrected chi connectivity index (χ2v) is 11.0. The van der Waals surface area contributed by atoms with Gasteiger partial charge in [-0.25, -0.2) is 9.78 Å². The van der Waals surface area contributed by atoms with E-state index in [1.807, 2.05) is 24.3 Å². The van der Waals surface area contributed by atoms with Gasteiger partial charge in [0.1, 0.15) is 36.1 Å². The van der Waals surface area contributed by atoms with E-state index in [-0.39, 0.29) is 18.4 Å². The predicted molar refractivity (Wildman–Crippen MR) is 146 cm³/mol. The van der Waals surface area contributed by atoms with Gasteiger partial charge in [0.2, 0.25) is 5.91 Å². The number of carbonyl (C=O) groups excluding carboxylic acids is 2. The van der Waals surface area contributed by atoms with Crippen LogP contribution in [-0.4, -0.2) is 73.9 Å². The Hall–Kier alpha value is -4.40. The molecule has 40 heavy (non-hydrogen) atoms. The molecular formula is C28H34N8O4. The van der Waals surface area contributed by atoms with Crippen molar-refractivity contribution in [2.75, 3.05) is 24.6 Å². The van der Waals surface area contributed by atoms with Gasteiger partial charge in [-0.1, -0.05) is 12.1 Å². The molecule has 1 aromatic carbocycles. The van der Waals surface area contributed by atoms with Crippen molar-refractivity contribution in [2.45, 2.75) is 70.7 Å². The van der Waals surface area contributed by atoms with E-state index in [2.05, 4.69) is 31.3 Å². The van der Waals surface area contributed by atoms with Gasteiger partial charge in [-0.05, 0) is 57.7 Å². The number of nitrogens with one attached hydrogen (secondary N) is 1. The van der Waals surface area contributed by atoms with E-state index in [1.165, 1.54) is 6.33 Å². The van der Waals surface area contributed by atoms with Crippen molar-refractivity contribution in [2.24, 2.45) is 0 Å². The fourth-order valence-electron chi connectivity index (χ4n) is 5.28. The van der Waals surface area contributed by atoms with E-state index in [1.54, 1.807) is 36.4 Å². The number of anilines is 1. The Morgan fingerprint density at radius 1 is 1.23 bits per heavy atom. The maximum atomic E-state index is 13.4. The minimum atomic E-state index is -0.990. The second-order valence-electron chi connectivity index (χ2n) is 11.0. The molecule has 2 aliphatic rings. The van der Waals surface area contributed by atoms with Gasteiger partial charge in [0.05, 0.1) is 18.5 Å². The first-order valence-corrected chi connectivity index (χ1v) is 13.5. The number of hydrogen-bond donors (Lipinski definition) is 1. The van der Waals surface area contributed by atoms with E-state index >= 15 is 0 Å². The smallest absolute Gasteiger partial charge is 0.408 e. The number of amides is 2. The number of nitriles is 1. The lowest BCUT2D eigenvalue weighted by Gasteiger charge is -2.33. The second kappa shape index (κ2) is 11.4. The summed E-state index contributed by atoms with van der Waals surface area (Å²) in [5.74, 6) is 1.91. The molecule has 12 heteroatoms. The molecule has 2 atom stereocenters. The maximum absolute atomic E-state index is 13.4. The molecule has 0 radical (unpaired) electrons. The van der Waals surface area contributed by atoms with Crippen LogP contribution < -0.4 is 15.0 Å². The first kappa shape index (κ1) is 27.2. The van der Waals surface area contributed by atoms with E-state index in [0.717, 1.165) is 42.1 Å². The fraction of sp³-hybridized carbons (Fsp3) is 0.500. The third-order valence-electron chi connectivity index (χ3n) is 7.09. The zero-order chi connectivity index (χ0) is 28.3. The Morgan fingerprint density at radius 3 is 2.88 bits per heavy atom. The quantitative estimate of drug-likeness (QED) is 0.474. The number of hydrogen-bond acceptors (Lipinski definition) is 9. The van der Waals surface area contributed by atoms with Crippen LogP contribution in [0.1, 0.15) is 51.2 Å². The molecular weight excluding hydrogens is 512 g/mol. The molecule has 2 aliphatic heterocycles. The predicted octanol–water partition coefficient (Wildman–Crippen LogP) is 2.86. The van der Waals surface area contributed by atoms with Crippen LogP contribution in [0.2, 0.25) is 0 Å². The highest BCUT2D eigenvalue weighted by atomic mass is 16.6. The standard InChI is InChI=1S/C28H34N8O4/c1-28(2,3)40-27(38)33-22(9-12-29)25(37)34-15-11-19-6-4-8-23(21(19)16-34)39-17-20-7-5-14-35(20)24-10-13-30-26-31-18-32-36(24)26/h4,6,8,10,13,18,20,22H,5,7,9,11,14-17H2,1-3H3,(H,33,38)/t20-,22-/m1/s1. The number of carbonyl (C=O) groups is 2. The highest BCUT2D eigenvalue weighted by molar-refractivity contribution is 5.86. The number of aromatic nitrogens is 4. The summed E-state index contributed by atoms with van der Waals surface area (Å²) in [6, 6.07) is 9.06. The van der Waals surface area contributed by atoms with Crippen LogP contribution in [0, 0.1) is 11.3 Å². The van der Waals surface area contributed by atoms with Gasteiger partial charge in [0.15, 0.2) is 0 Å².